The van der Waals surface area contributed by atoms with E-state index in [1.54, 1.807) is 30.3 Å². The van der Waals surface area contributed by atoms with Crippen LogP contribution in [0.2, 0.25) is 0 Å². The molecule has 0 fully saturated rings. The Morgan fingerprint density at radius 2 is 1.95 bits per heavy atom. The molecule has 108 valence electrons. The number of carbonyl (C=O) groups is 3. The van der Waals surface area contributed by atoms with Crippen molar-refractivity contribution in [3.63, 3.8) is 0 Å². The van der Waals surface area contributed by atoms with Gasteiger partial charge in [0.05, 0.1) is 17.6 Å². The molecule has 6 nitrogen and oxygen atoms in total. The van der Waals surface area contributed by atoms with E-state index < -0.39 is 11.9 Å². The molecular formula is C14H12N2O4S. The molecule has 7 heteroatoms. The van der Waals surface area contributed by atoms with Crippen molar-refractivity contribution in [2.45, 2.75) is 6.92 Å². The molecule has 1 aliphatic heterocycles. The quantitative estimate of drug-likeness (QED) is 0.662. The molecule has 1 aromatic carbocycles. The number of methoxy groups -OCH3 is 1. The number of ether oxygens (including phenoxy) is 1. The molecule has 1 aliphatic rings. The smallest absolute Gasteiger partial charge is 0.337 e. The zero-order chi connectivity index (χ0) is 15.4. The Morgan fingerprint density at radius 3 is 2.52 bits per heavy atom. The van der Waals surface area contributed by atoms with Crippen molar-refractivity contribution in [1.29, 1.82) is 0 Å². The summed E-state index contributed by atoms with van der Waals surface area (Å²) in [5, 5.41) is 2.74. The normalized spacial score (nSPS) is 15.8. The summed E-state index contributed by atoms with van der Waals surface area (Å²) in [6.45, 7) is 1.35. The predicted octanol–water partition coefficient (Wildman–Crippen LogP) is 1.58. The Balaban J connectivity index is 2.13. The van der Waals surface area contributed by atoms with E-state index in [4.69, 9.17) is 0 Å². The number of amides is 2. The Labute approximate surface area is 125 Å². The fourth-order valence-corrected chi connectivity index (χ4v) is 2.46. The van der Waals surface area contributed by atoms with Gasteiger partial charge in [0.25, 0.3) is 5.91 Å². The number of carbonyl (C=O) groups excluding carboxylic acids is 3. The van der Waals surface area contributed by atoms with Gasteiger partial charge in [0.2, 0.25) is 5.91 Å². The van der Waals surface area contributed by atoms with Gasteiger partial charge in [0.1, 0.15) is 0 Å². The highest BCUT2D eigenvalue weighted by Crippen LogP contribution is 2.27. The fourth-order valence-electron chi connectivity index (χ4n) is 1.60. The third-order valence-electron chi connectivity index (χ3n) is 2.53. The first-order chi connectivity index (χ1) is 9.99. The predicted molar refractivity (Wildman–Crippen MR) is 79.6 cm³/mol. The van der Waals surface area contributed by atoms with Crippen LogP contribution in [0.1, 0.15) is 22.8 Å². The van der Waals surface area contributed by atoms with E-state index >= 15 is 0 Å². The second-order valence-corrected chi connectivity index (χ2v) is 5.16. The molecule has 0 saturated carbocycles. The van der Waals surface area contributed by atoms with Gasteiger partial charge in [-0.3, -0.25) is 9.59 Å². The van der Waals surface area contributed by atoms with Crippen LogP contribution in [-0.2, 0) is 14.3 Å². The van der Waals surface area contributed by atoms with Gasteiger partial charge in [0, 0.05) is 6.92 Å². The lowest BCUT2D eigenvalue weighted by molar-refractivity contribution is -0.117. The zero-order valence-electron chi connectivity index (χ0n) is 11.4. The second kappa shape index (κ2) is 6.36. The fraction of sp³-hybridized carbons (Fsp3) is 0.143. The first-order valence-electron chi connectivity index (χ1n) is 5.98. The maximum atomic E-state index is 11.7. The summed E-state index contributed by atoms with van der Waals surface area (Å²) in [6, 6.07) is 6.61. The summed E-state index contributed by atoms with van der Waals surface area (Å²) in [7, 11) is 1.31. The number of nitrogens with zero attached hydrogens (tertiary/aromatic N) is 1. The van der Waals surface area contributed by atoms with Gasteiger partial charge >= 0.3 is 5.97 Å². The van der Waals surface area contributed by atoms with Crippen molar-refractivity contribution in [3.8, 4) is 0 Å². The van der Waals surface area contributed by atoms with Gasteiger partial charge in [-0.25, -0.2) is 4.79 Å². The molecule has 2 rings (SSSR count). The lowest BCUT2D eigenvalue weighted by Gasteiger charge is -2.00. The van der Waals surface area contributed by atoms with Crippen LogP contribution in [-0.4, -0.2) is 30.1 Å². The molecule has 0 atom stereocenters. The number of hydrogen-bond acceptors (Lipinski definition) is 5. The summed E-state index contributed by atoms with van der Waals surface area (Å²) in [6.07, 6.45) is 1.65. The van der Waals surface area contributed by atoms with Gasteiger partial charge in [-0.1, -0.05) is 12.1 Å². The molecule has 0 aliphatic carbocycles. The highest BCUT2D eigenvalue weighted by molar-refractivity contribution is 8.18. The van der Waals surface area contributed by atoms with Gasteiger partial charge < -0.3 is 10.1 Å². The van der Waals surface area contributed by atoms with Crippen molar-refractivity contribution >= 4 is 40.8 Å². The topological polar surface area (TPSA) is 84.8 Å². The first kappa shape index (κ1) is 15.0. The van der Waals surface area contributed by atoms with Crippen LogP contribution in [0.15, 0.2) is 34.2 Å². The minimum absolute atomic E-state index is 0.268. The first-order valence-corrected chi connectivity index (χ1v) is 6.80. The number of rotatable bonds is 2. The van der Waals surface area contributed by atoms with Gasteiger partial charge in [-0.05, 0) is 35.5 Å². The largest absolute Gasteiger partial charge is 0.465 e. The highest BCUT2D eigenvalue weighted by Gasteiger charge is 2.22. The summed E-state index contributed by atoms with van der Waals surface area (Å²) in [5.41, 5.74) is 1.18. The van der Waals surface area contributed by atoms with E-state index in [-0.39, 0.29) is 11.1 Å². The van der Waals surface area contributed by atoms with E-state index in [2.05, 4.69) is 15.0 Å². The number of hydrogen-bond donors (Lipinski definition) is 1. The Bertz CT molecular complexity index is 662. The molecule has 1 N–H and O–H groups in total. The molecule has 0 saturated heterocycles. The number of benzene rings is 1. The third-order valence-corrected chi connectivity index (χ3v) is 3.43. The van der Waals surface area contributed by atoms with E-state index in [0.717, 1.165) is 17.3 Å². The van der Waals surface area contributed by atoms with Gasteiger partial charge in [-0.2, -0.15) is 4.99 Å². The minimum atomic E-state index is -0.420. The Kier molecular flexibility index (Phi) is 4.54. The van der Waals surface area contributed by atoms with E-state index in [1.807, 2.05) is 0 Å². The number of nitrogens with one attached hydrogen (secondary N) is 1. The van der Waals surface area contributed by atoms with Crippen LogP contribution in [0.5, 0.6) is 0 Å². The van der Waals surface area contributed by atoms with Crippen LogP contribution < -0.4 is 5.32 Å². The van der Waals surface area contributed by atoms with Crippen molar-refractivity contribution in [2.24, 2.45) is 4.99 Å². The van der Waals surface area contributed by atoms with Crippen LogP contribution in [0, 0.1) is 0 Å². The molecule has 0 bridgehead atoms. The van der Waals surface area contributed by atoms with Crippen LogP contribution >= 0.6 is 11.8 Å². The van der Waals surface area contributed by atoms with Crippen molar-refractivity contribution < 1.29 is 19.1 Å². The standard InChI is InChI=1S/C14H12N2O4S/c1-8(17)15-14-16-12(18)11(21-14)7-9-3-5-10(6-4-9)13(19)20-2/h3-7H,1-2H3,(H,15,16,17,18)/b11-7+. The summed E-state index contributed by atoms with van der Waals surface area (Å²) in [5.74, 6) is -1.10. The molecule has 2 amide bonds. The van der Waals surface area contributed by atoms with Crippen molar-refractivity contribution in [3.05, 3.63) is 40.3 Å². The Hall–Kier alpha value is -2.41. The Morgan fingerprint density at radius 1 is 1.29 bits per heavy atom. The summed E-state index contributed by atoms with van der Waals surface area (Å²) < 4.78 is 4.61. The number of amidine groups is 1. The number of esters is 1. The average molecular weight is 304 g/mol. The molecule has 0 radical (unpaired) electrons. The van der Waals surface area contributed by atoms with E-state index in [1.165, 1.54) is 14.0 Å². The number of aliphatic imine (C=N–C) groups is 1. The van der Waals surface area contributed by atoms with Crippen molar-refractivity contribution in [2.75, 3.05) is 7.11 Å². The van der Waals surface area contributed by atoms with Crippen LogP contribution in [0.4, 0.5) is 0 Å². The lowest BCUT2D eigenvalue weighted by Crippen LogP contribution is -2.23. The molecule has 0 unspecified atom stereocenters. The summed E-state index contributed by atoms with van der Waals surface area (Å²) >= 11 is 1.09. The molecular weight excluding hydrogens is 292 g/mol. The van der Waals surface area contributed by atoms with E-state index in [9.17, 15) is 14.4 Å². The monoisotopic (exact) mass is 304 g/mol. The molecule has 1 aromatic rings. The van der Waals surface area contributed by atoms with Crippen molar-refractivity contribution in [1.82, 2.24) is 5.32 Å². The average Bonchev–Trinajstić information content (AvgIpc) is 2.78. The molecule has 21 heavy (non-hydrogen) atoms. The maximum Gasteiger partial charge on any atom is 0.337 e. The lowest BCUT2D eigenvalue weighted by atomic mass is 10.1. The minimum Gasteiger partial charge on any atom is -0.465 e. The SMILES string of the molecule is COC(=O)c1ccc(/C=C2/SC(NC(C)=O)=NC2=O)cc1. The molecule has 0 spiro atoms. The van der Waals surface area contributed by atoms with Crippen LogP contribution in [0.25, 0.3) is 6.08 Å². The van der Waals surface area contributed by atoms with E-state index in [0.29, 0.717) is 10.5 Å². The number of thioether (sulfide) groups is 1. The summed E-state index contributed by atoms with van der Waals surface area (Å²) in [4.78, 5) is 38.1. The third kappa shape index (κ3) is 3.79. The molecule has 0 aromatic heterocycles. The second-order valence-electron chi connectivity index (χ2n) is 4.13. The van der Waals surface area contributed by atoms with Gasteiger partial charge in [-0.15, -0.1) is 0 Å². The maximum absolute atomic E-state index is 11.7. The van der Waals surface area contributed by atoms with Crippen LogP contribution in [0.3, 0.4) is 0 Å². The molecule has 1 heterocycles. The highest BCUT2D eigenvalue weighted by atomic mass is 32.2. The van der Waals surface area contributed by atoms with Gasteiger partial charge in [0.15, 0.2) is 5.17 Å². The zero-order valence-corrected chi connectivity index (χ0v) is 12.2.